The van der Waals surface area contributed by atoms with Crippen LogP contribution in [-0.4, -0.2) is 46.2 Å². The van der Waals surface area contributed by atoms with Crippen molar-refractivity contribution in [2.45, 2.75) is 38.4 Å². The fourth-order valence-corrected chi connectivity index (χ4v) is 4.22. The molecule has 182 valence electrons. The monoisotopic (exact) mass is 512 g/mol. The molecule has 3 aromatic carbocycles. The Bertz CT molecular complexity index is 1170. The van der Waals surface area contributed by atoms with Gasteiger partial charge < -0.3 is 15.2 Å². The van der Waals surface area contributed by atoms with Gasteiger partial charge in [0.2, 0.25) is 0 Å². The zero-order valence-electron chi connectivity index (χ0n) is 19.5. The zero-order chi connectivity index (χ0) is 23.9. The van der Waals surface area contributed by atoms with Gasteiger partial charge in [-0.15, -0.1) is 5.69 Å². The Labute approximate surface area is 216 Å². The maximum Gasteiger partial charge on any atom is 2.00 e. The molecule has 4 rings (SSSR count). The number of rotatable bonds is 8. The number of hydrogen-bond donors (Lipinski definition) is 1. The number of likely N-dealkylation sites (tertiary alicyclic amines) is 1. The molecule has 0 spiro atoms. The molecule has 35 heavy (non-hydrogen) atoms. The Morgan fingerprint density at radius 2 is 1.63 bits per heavy atom. The number of benzene rings is 3. The summed E-state index contributed by atoms with van der Waals surface area (Å²) < 4.78 is 0. The van der Waals surface area contributed by atoms with Gasteiger partial charge in [-0.2, -0.15) is 0 Å². The van der Waals surface area contributed by atoms with Crippen LogP contribution in [0.15, 0.2) is 89.9 Å². The van der Waals surface area contributed by atoms with Gasteiger partial charge in [0, 0.05) is 12.1 Å². The number of aliphatic imine (C=N–C) groups is 1. The average molecular weight is 513 g/mol. The van der Waals surface area contributed by atoms with E-state index in [1.165, 1.54) is 12.5 Å². The molecule has 1 heterocycles. The van der Waals surface area contributed by atoms with Crippen molar-refractivity contribution in [3.63, 3.8) is 0 Å². The third-order valence-electron chi connectivity index (χ3n) is 5.99. The second-order valence-corrected chi connectivity index (χ2v) is 8.44. The van der Waals surface area contributed by atoms with Gasteiger partial charge in [-0.25, -0.2) is 4.79 Å². The largest absolute Gasteiger partial charge is 2.00 e. The van der Waals surface area contributed by atoms with E-state index in [2.05, 4.69) is 27.3 Å². The number of nitrogens with zero attached hydrogens (tertiary/aromatic N) is 3. The predicted molar refractivity (Wildman–Crippen MR) is 134 cm³/mol. The number of aliphatic carboxylic acids is 1. The molecule has 1 fully saturated rings. The SMILES string of the molecule is C[C@H](N=C(c1ccccc1)c1ccccc1[N-]C(=O)C1CCCN1Cc1ccccc1)C(=O)O.[Ni+2]. The molecule has 0 bridgehead atoms. The summed E-state index contributed by atoms with van der Waals surface area (Å²) in [5, 5.41) is 14.0. The van der Waals surface area contributed by atoms with Crippen LogP contribution in [-0.2, 0) is 32.6 Å². The standard InChI is InChI=1S/C28H29N3O3.Ni/c1-20(28(33)34)29-26(22-13-6-3-7-14-22)23-15-8-9-16-24(23)30-27(32)25-17-10-18-31(25)19-21-11-4-2-5-12-21;/h2-9,11-16,20,25H,10,17-19H2,1H3,(H2,29,30,32,33,34);/q;+2/p-1/t20-,25?;/m0./s1. The first-order chi connectivity index (χ1) is 16.5. The normalized spacial score (nSPS) is 16.8. The molecule has 6 nitrogen and oxygen atoms in total. The minimum absolute atomic E-state index is 0. The molecule has 0 aromatic heterocycles. The number of para-hydroxylation sites is 1. The number of hydrogen-bond acceptors (Lipinski definition) is 4. The van der Waals surface area contributed by atoms with E-state index in [9.17, 15) is 14.7 Å². The van der Waals surface area contributed by atoms with Crippen LogP contribution in [0.4, 0.5) is 5.69 Å². The Morgan fingerprint density at radius 3 is 2.31 bits per heavy atom. The molecule has 1 amide bonds. The Morgan fingerprint density at radius 1 is 1.00 bits per heavy atom. The molecule has 1 saturated heterocycles. The molecule has 3 aromatic rings. The van der Waals surface area contributed by atoms with Gasteiger partial charge in [0.25, 0.3) is 0 Å². The van der Waals surface area contributed by atoms with E-state index in [-0.39, 0.29) is 28.4 Å². The third kappa shape index (κ3) is 6.65. The minimum atomic E-state index is -1.01. The van der Waals surface area contributed by atoms with E-state index in [1.54, 1.807) is 6.07 Å². The fourth-order valence-electron chi connectivity index (χ4n) is 4.22. The van der Waals surface area contributed by atoms with Gasteiger partial charge in [0.05, 0.1) is 17.7 Å². The molecule has 7 heteroatoms. The number of carbonyl (C=O) groups is 2. The van der Waals surface area contributed by atoms with E-state index >= 15 is 0 Å². The van der Waals surface area contributed by atoms with Crippen LogP contribution in [0.5, 0.6) is 0 Å². The molecule has 0 saturated carbocycles. The number of amides is 1. The van der Waals surface area contributed by atoms with Crippen LogP contribution < -0.4 is 0 Å². The predicted octanol–water partition coefficient (Wildman–Crippen LogP) is 5.19. The first kappa shape index (κ1) is 26.3. The smallest absolute Gasteiger partial charge is 0.625 e. The summed E-state index contributed by atoms with van der Waals surface area (Å²) in [6.07, 6.45) is 1.72. The second-order valence-electron chi connectivity index (χ2n) is 8.44. The fraction of sp³-hybridized carbons (Fsp3) is 0.250. The molecular weight excluding hydrogens is 485 g/mol. The summed E-state index contributed by atoms with van der Waals surface area (Å²) in [5.41, 5.74) is 3.60. The maximum atomic E-state index is 13.3. The maximum absolute atomic E-state index is 13.3. The van der Waals surface area contributed by atoms with E-state index in [1.807, 2.05) is 66.7 Å². The van der Waals surface area contributed by atoms with Crippen molar-refractivity contribution in [3.05, 3.63) is 107 Å². The Balaban J connectivity index is 0.00000342. The van der Waals surface area contributed by atoms with Crippen LogP contribution in [0.3, 0.4) is 0 Å². The van der Waals surface area contributed by atoms with Crippen LogP contribution in [0.2, 0.25) is 0 Å². The summed E-state index contributed by atoms with van der Waals surface area (Å²) in [6.45, 7) is 3.10. The molecule has 1 unspecified atom stereocenters. The molecule has 1 aliphatic rings. The first-order valence-electron chi connectivity index (χ1n) is 11.5. The van der Waals surface area contributed by atoms with Crippen molar-refractivity contribution in [2.75, 3.05) is 6.54 Å². The van der Waals surface area contributed by atoms with E-state index in [0.717, 1.165) is 24.9 Å². The quantitative estimate of drug-likeness (QED) is 0.332. The second kappa shape index (κ2) is 12.4. The van der Waals surface area contributed by atoms with Gasteiger partial charge in [-0.1, -0.05) is 84.9 Å². The van der Waals surface area contributed by atoms with E-state index in [4.69, 9.17) is 0 Å². The number of carbonyl (C=O) groups excluding carboxylic acids is 1. The van der Waals surface area contributed by atoms with E-state index < -0.39 is 12.0 Å². The van der Waals surface area contributed by atoms with Crippen LogP contribution >= 0.6 is 0 Å². The molecule has 0 aliphatic carbocycles. The summed E-state index contributed by atoms with van der Waals surface area (Å²) >= 11 is 0. The summed E-state index contributed by atoms with van der Waals surface area (Å²) in [6, 6.07) is 25.6. The average Bonchev–Trinajstić information content (AvgIpc) is 3.32. The molecule has 1 aliphatic heterocycles. The van der Waals surface area contributed by atoms with Gasteiger partial charge in [-0.3, -0.25) is 9.89 Å². The number of carboxylic acid groups (broad SMARTS) is 1. The van der Waals surface area contributed by atoms with Crippen molar-refractivity contribution >= 4 is 23.3 Å². The van der Waals surface area contributed by atoms with Gasteiger partial charge >= 0.3 is 22.5 Å². The van der Waals surface area contributed by atoms with Crippen LogP contribution in [0, 0.1) is 0 Å². The molecule has 0 radical (unpaired) electrons. The van der Waals surface area contributed by atoms with E-state index in [0.29, 0.717) is 23.5 Å². The molecule has 2 atom stereocenters. The summed E-state index contributed by atoms with van der Waals surface area (Å²) in [7, 11) is 0. The van der Waals surface area contributed by atoms with Crippen molar-refractivity contribution < 1.29 is 31.2 Å². The Hall–Kier alpha value is -3.28. The minimum Gasteiger partial charge on any atom is -0.625 e. The van der Waals surface area contributed by atoms with Gasteiger partial charge in [0.1, 0.15) is 6.04 Å². The number of carboxylic acids is 1. The Kier molecular flexibility index (Phi) is 9.35. The zero-order valence-corrected chi connectivity index (χ0v) is 20.5. The first-order valence-corrected chi connectivity index (χ1v) is 11.5. The summed E-state index contributed by atoms with van der Waals surface area (Å²) in [4.78, 5) is 31.5. The third-order valence-corrected chi connectivity index (χ3v) is 5.99. The van der Waals surface area contributed by atoms with Gasteiger partial charge in [0.15, 0.2) is 0 Å². The molecule has 1 N–H and O–H groups in total. The van der Waals surface area contributed by atoms with Crippen LogP contribution in [0.25, 0.3) is 5.32 Å². The van der Waals surface area contributed by atoms with Gasteiger partial charge in [-0.05, 0) is 37.4 Å². The molecular formula is C28H28N3NiO3+. The van der Waals surface area contributed by atoms with Crippen molar-refractivity contribution in [3.8, 4) is 0 Å². The van der Waals surface area contributed by atoms with Crippen LogP contribution in [0.1, 0.15) is 36.5 Å². The van der Waals surface area contributed by atoms with Crippen molar-refractivity contribution in [1.82, 2.24) is 4.90 Å². The van der Waals surface area contributed by atoms with Crippen molar-refractivity contribution in [2.24, 2.45) is 4.99 Å². The van der Waals surface area contributed by atoms with Crippen molar-refractivity contribution in [1.29, 1.82) is 0 Å². The summed E-state index contributed by atoms with van der Waals surface area (Å²) in [5.74, 6) is -1.19. The topological polar surface area (TPSA) is 84.1 Å².